The summed E-state index contributed by atoms with van der Waals surface area (Å²) in [5.41, 5.74) is 3.20. The third-order valence-corrected chi connectivity index (χ3v) is 3.65. The zero-order chi connectivity index (χ0) is 16.1. The van der Waals surface area contributed by atoms with E-state index in [0.29, 0.717) is 17.2 Å². The lowest BCUT2D eigenvalue weighted by atomic mass is 10.2. The number of rotatable bonds is 5. The molecule has 0 saturated heterocycles. The fourth-order valence-corrected chi connectivity index (χ4v) is 2.31. The predicted molar refractivity (Wildman–Crippen MR) is 87.9 cm³/mol. The maximum absolute atomic E-state index is 11.7. The number of benzene rings is 2. The van der Waals surface area contributed by atoms with Gasteiger partial charge in [0.15, 0.2) is 18.1 Å². The number of nitrogens with one attached hydrogen (secondary N) is 1. The van der Waals surface area contributed by atoms with Gasteiger partial charge in [0, 0.05) is 0 Å². The Morgan fingerprint density at radius 3 is 2.96 bits per heavy atom. The third-order valence-electron chi connectivity index (χ3n) is 2.99. The number of hydrogen-bond donors (Lipinski definition) is 1. The lowest BCUT2D eigenvalue weighted by molar-refractivity contribution is -0.123. The number of hydrogen-bond acceptors (Lipinski definition) is 5. The summed E-state index contributed by atoms with van der Waals surface area (Å²) in [4.78, 5) is 11.7. The Balaban J connectivity index is 1.50. The van der Waals surface area contributed by atoms with Crippen LogP contribution in [-0.2, 0) is 4.79 Å². The first-order chi connectivity index (χ1) is 11.2. The van der Waals surface area contributed by atoms with E-state index in [0.717, 1.165) is 10.0 Å². The number of hydrazone groups is 1. The third kappa shape index (κ3) is 4.01. The molecule has 0 bridgehead atoms. The Hall–Kier alpha value is -2.54. The van der Waals surface area contributed by atoms with Crippen molar-refractivity contribution in [3.05, 3.63) is 52.5 Å². The van der Waals surface area contributed by atoms with E-state index >= 15 is 0 Å². The van der Waals surface area contributed by atoms with Crippen LogP contribution in [0.5, 0.6) is 17.2 Å². The first-order valence-electron chi connectivity index (χ1n) is 6.81. The smallest absolute Gasteiger partial charge is 0.277 e. The van der Waals surface area contributed by atoms with Crippen molar-refractivity contribution in [2.75, 3.05) is 13.4 Å². The monoisotopic (exact) mass is 376 g/mol. The lowest BCUT2D eigenvalue weighted by Crippen LogP contribution is -2.24. The van der Waals surface area contributed by atoms with Gasteiger partial charge in [-0.3, -0.25) is 4.79 Å². The molecular formula is C16H13BrN2O4. The number of fused-ring (bicyclic) bond motifs is 1. The molecule has 0 radical (unpaired) electrons. The Bertz CT molecular complexity index is 749. The summed E-state index contributed by atoms with van der Waals surface area (Å²) in [6, 6.07) is 12.7. The Labute approximate surface area is 141 Å². The van der Waals surface area contributed by atoms with Gasteiger partial charge >= 0.3 is 0 Å². The van der Waals surface area contributed by atoms with Gasteiger partial charge in [-0.05, 0) is 51.8 Å². The fourth-order valence-electron chi connectivity index (χ4n) is 1.91. The molecule has 1 aliphatic rings. The number of para-hydroxylation sites is 1. The Morgan fingerprint density at radius 1 is 1.26 bits per heavy atom. The Kier molecular flexibility index (Phi) is 4.77. The van der Waals surface area contributed by atoms with E-state index in [4.69, 9.17) is 14.2 Å². The van der Waals surface area contributed by atoms with E-state index in [1.165, 1.54) is 6.21 Å². The number of nitrogens with zero attached hydrogens (tertiary/aromatic N) is 1. The van der Waals surface area contributed by atoms with Crippen LogP contribution in [0.15, 0.2) is 52.0 Å². The zero-order valence-electron chi connectivity index (χ0n) is 12.0. The highest BCUT2D eigenvalue weighted by molar-refractivity contribution is 9.10. The van der Waals surface area contributed by atoms with Crippen molar-refractivity contribution in [3.63, 3.8) is 0 Å². The van der Waals surface area contributed by atoms with E-state index in [1.54, 1.807) is 18.2 Å². The molecule has 1 heterocycles. The summed E-state index contributed by atoms with van der Waals surface area (Å²) in [5, 5.41) is 3.89. The minimum atomic E-state index is -0.349. The lowest BCUT2D eigenvalue weighted by Gasteiger charge is -2.06. The van der Waals surface area contributed by atoms with Gasteiger partial charge in [0.25, 0.3) is 5.91 Å². The minimum absolute atomic E-state index is 0.124. The molecule has 0 unspecified atom stereocenters. The first kappa shape index (κ1) is 15.4. The summed E-state index contributed by atoms with van der Waals surface area (Å²) >= 11 is 3.35. The van der Waals surface area contributed by atoms with Crippen molar-refractivity contribution in [2.24, 2.45) is 5.10 Å². The summed E-state index contributed by atoms with van der Waals surface area (Å²) in [7, 11) is 0. The van der Waals surface area contributed by atoms with Crippen molar-refractivity contribution in [1.82, 2.24) is 5.43 Å². The molecule has 0 atom stereocenters. The van der Waals surface area contributed by atoms with Crippen LogP contribution in [0.25, 0.3) is 0 Å². The quantitative estimate of drug-likeness (QED) is 0.643. The summed E-state index contributed by atoms with van der Waals surface area (Å²) in [6.07, 6.45) is 1.53. The molecular weight excluding hydrogens is 364 g/mol. The second-order valence-corrected chi connectivity index (χ2v) is 5.48. The number of halogens is 1. The molecule has 0 fully saturated rings. The molecule has 0 saturated carbocycles. The van der Waals surface area contributed by atoms with Gasteiger partial charge in [0.2, 0.25) is 6.79 Å². The topological polar surface area (TPSA) is 69.2 Å². The van der Waals surface area contributed by atoms with Crippen LogP contribution < -0.4 is 19.6 Å². The average molecular weight is 377 g/mol. The number of carbonyl (C=O) groups is 1. The van der Waals surface area contributed by atoms with Crippen molar-refractivity contribution in [1.29, 1.82) is 0 Å². The van der Waals surface area contributed by atoms with Crippen molar-refractivity contribution in [2.45, 2.75) is 0 Å². The molecule has 1 aliphatic heterocycles. The molecule has 23 heavy (non-hydrogen) atoms. The molecule has 1 N–H and O–H groups in total. The average Bonchev–Trinajstić information content (AvgIpc) is 3.02. The van der Waals surface area contributed by atoms with Gasteiger partial charge in [-0.2, -0.15) is 5.10 Å². The van der Waals surface area contributed by atoms with Crippen molar-refractivity contribution in [3.8, 4) is 17.2 Å². The summed E-state index contributed by atoms with van der Waals surface area (Å²) < 4.78 is 16.7. The van der Waals surface area contributed by atoms with Gasteiger partial charge in [-0.15, -0.1) is 0 Å². The predicted octanol–water partition coefficient (Wildman–Crippen LogP) is 2.71. The molecule has 6 nitrogen and oxygen atoms in total. The van der Waals surface area contributed by atoms with Crippen LogP contribution in [0.1, 0.15) is 5.56 Å². The van der Waals surface area contributed by atoms with Crippen molar-refractivity contribution < 1.29 is 19.0 Å². The van der Waals surface area contributed by atoms with Crippen LogP contribution in [0.2, 0.25) is 0 Å². The van der Waals surface area contributed by atoms with Crippen LogP contribution in [0.4, 0.5) is 0 Å². The van der Waals surface area contributed by atoms with Crippen LogP contribution in [-0.4, -0.2) is 25.5 Å². The second kappa shape index (κ2) is 7.15. The van der Waals surface area contributed by atoms with E-state index in [-0.39, 0.29) is 19.3 Å². The second-order valence-electron chi connectivity index (χ2n) is 4.62. The Morgan fingerprint density at radius 2 is 2.09 bits per heavy atom. The van der Waals surface area contributed by atoms with Gasteiger partial charge in [-0.1, -0.05) is 12.1 Å². The largest absolute Gasteiger partial charge is 0.483 e. The zero-order valence-corrected chi connectivity index (χ0v) is 13.6. The van der Waals surface area contributed by atoms with Gasteiger partial charge in [0.05, 0.1) is 10.7 Å². The molecule has 7 heteroatoms. The highest BCUT2D eigenvalue weighted by Crippen LogP contribution is 2.31. The van der Waals surface area contributed by atoms with Crippen LogP contribution in [0, 0.1) is 0 Å². The standard InChI is InChI=1S/C16H13BrN2O4/c17-12-3-1-2-4-13(12)21-9-16(20)19-18-8-11-5-6-14-15(7-11)23-10-22-14/h1-8H,9-10H2,(H,19,20)/b18-8+. The molecule has 2 aromatic rings. The van der Waals surface area contributed by atoms with Crippen molar-refractivity contribution >= 4 is 28.1 Å². The van der Waals surface area contributed by atoms with E-state index in [2.05, 4.69) is 26.5 Å². The fraction of sp³-hybridized carbons (Fsp3) is 0.125. The molecule has 1 amide bonds. The minimum Gasteiger partial charge on any atom is -0.483 e. The SMILES string of the molecule is O=C(COc1ccccc1Br)N/N=C/c1ccc2c(c1)OCO2. The molecule has 0 aromatic heterocycles. The number of carbonyl (C=O) groups excluding carboxylic acids is 1. The highest BCUT2D eigenvalue weighted by atomic mass is 79.9. The molecule has 0 spiro atoms. The summed E-state index contributed by atoms with van der Waals surface area (Å²) in [5.74, 6) is 1.62. The molecule has 118 valence electrons. The van der Waals surface area contributed by atoms with Crippen LogP contribution in [0.3, 0.4) is 0 Å². The van der Waals surface area contributed by atoms with E-state index in [9.17, 15) is 4.79 Å². The normalized spacial score (nSPS) is 12.4. The van der Waals surface area contributed by atoms with E-state index < -0.39 is 0 Å². The highest BCUT2D eigenvalue weighted by Gasteiger charge is 2.12. The van der Waals surface area contributed by atoms with E-state index in [1.807, 2.05) is 24.3 Å². The first-order valence-corrected chi connectivity index (χ1v) is 7.60. The van der Waals surface area contributed by atoms with Gasteiger partial charge < -0.3 is 14.2 Å². The molecule has 3 rings (SSSR count). The van der Waals surface area contributed by atoms with Gasteiger partial charge in [0.1, 0.15) is 5.75 Å². The maximum atomic E-state index is 11.7. The molecule has 0 aliphatic carbocycles. The maximum Gasteiger partial charge on any atom is 0.277 e. The van der Waals surface area contributed by atoms with Crippen LogP contribution >= 0.6 is 15.9 Å². The number of amides is 1. The van der Waals surface area contributed by atoms with Gasteiger partial charge in [-0.25, -0.2) is 5.43 Å². The number of ether oxygens (including phenoxy) is 3. The molecule has 2 aromatic carbocycles. The summed E-state index contributed by atoms with van der Waals surface area (Å²) in [6.45, 7) is 0.0974.